The van der Waals surface area contributed by atoms with Gasteiger partial charge in [0.25, 0.3) is 5.91 Å². The van der Waals surface area contributed by atoms with Crippen LogP contribution in [0.25, 0.3) is 22.2 Å². The molecule has 2 fully saturated rings. The standard InChI is InChI=1S/C32H31F2N5O5/c1-43-24-11-18(10-19-13-39(22-8-9-22)38-26(19)24)29(40)36-15-32(42,20-4-5-20)25-12-23-28(44-16-31(23,14-33)30(35)41)27(37-25)17-2-6-21(34)7-3-17/h2-3,6-7,10-13,20,22,42H,4-5,8-9,14-16H2,1H3,(H2,35,41)(H,36,40)/t31-,32-/m1/s1. The molecule has 12 heteroatoms. The van der Waals surface area contributed by atoms with Crippen LogP contribution in [0, 0.1) is 11.7 Å². The van der Waals surface area contributed by atoms with Crippen LogP contribution in [0.15, 0.2) is 48.7 Å². The summed E-state index contributed by atoms with van der Waals surface area (Å²) < 4.78 is 41.5. The van der Waals surface area contributed by atoms with Gasteiger partial charge >= 0.3 is 0 Å². The smallest absolute Gasteiger partial charge is 0.251 e. The molecule has 2 saturated carbocycles. The van der Waals surface area contributed by atoms with Crippen LogP contribution in [-0.2, 0) is 15.8 Å². The molecule has 4 N–H and O–H groups in total. The average Bonchev–Trinajstić information content (AvgIpc) is 3.97. The number of fused-ring (bicyclic) bond motifs is 2. The summed E-state index contributed by atoms with van der Waals surface area (Å²) in [5.74, 6) is -1.49. The molecule has 7 rings (SSSR count). The number of nitrogens with one attached hydrogen (secondary N) is 1. The minimum absolute atomic E-state index is 0.127. The highest BCUT2D eigenvalue weighted by molar-refractivity contribution is 6.00. The van der Waals surface area contributed by atoms with Crippen molar-refractivity contribution in [3.63, 3.8) is 0 Å². The molecular formula is C32H31F2N5O5. The van der Waals surface area contributed by atoms with Gasteiger partial charge in [-0.2, -0.15) is 5.10 Å². The third kappa shape index (κ3) is 4.55. The summed E-state index contributed by atoms with van der Waals surface area (Å²) in [5, 5.41) is 20.4. The van der Waals surface area contributed by atoms with Crippen molar-refractivity contribution in [3.05, 3.63) is 71.3 Å². The van der Waals surface area contributed by atoms with E-state index in [-0.39, 0.29) is 41.8 Å². The van der Waals surface area contributed by atoms with Gasteiger partial charge in [0.1, 0.15) is 52.8 Å². The Morgan fingerprint density at radius 1 is 1.20 bits per heavy atom. The molecule has 4 aromatic rings. The quantitative estimate of drug-likeness (QED) is 0.251. The lowest BCUT2D eigenvalue weighted by molar-refractivity contribution is -0.124. The van der Waals surface area contributed by atoms with Gasteiger partial charge in [0.2, 0.25) is 5.91 Å². The Morgan fingerprint density at radius 3 is 2.59 bits per heavy atom. The molecule has 0 radical (unpaired) electrons. The lowest BCUT2D eigenvalue weighted by atomic mass is 9.80. The third-order valence-corrected chi connectivity index (χ3v) is 8.98. The monoisotopic (exact) mass is 603 g/mol. The van der Waals surface area contributed by atoms with Crippen molar-refractivity contribution in [3.8, 4) is 22.8 Å². The fourth-order valence-corrected chi connectivity index (χ4v) is 5.97. The van der Waals surface area contributed by atoms with E-state index in [1.165, 1.54) is 37.4 Å². The number of carbonyl (C=O) groups excluding carboxylic acids is 2. The van der Waals surface area contributed by atoms with Gasteiger partial charge in [0, 0.05) is 28.3 Å². The average molecular weight is 604 g/mol. The minimum atomic E-state index is -1.79. The number of ether oxygens (including phenoxy) is 2. The van der Waals surface area contributed by atoms with Crippen molar-refractivity contribution in [2.24, 2.45) is 11.7 Å². The molecule has 2 atom stereocenters. The Kier molecular flexibility index (Phi) is 6.58. The molecule has 228 valence electrons. The zero-order chi connectivity index (χ0) is 30.8. The van der Waals surface area contributed by atoms with Crippen LogP contribution in [0.4, 0.5) is 8.78 Å². The number of nitrogens with zero attached hydrogens (tertiary/aromatic N) is 3. The predicted octanol–water partition coefficient (Wildman–Crippen LogP) is 3.69. The number of halogens is 2. The highest BCUT2D eigenvalue weighted by Gasteiger charge is 2.52. The summed E-state index contributed by atoms with van der Waals surface area (Å²) in [7, 11) is 1.52. The summed E-state index contributed by atoms with van der Waals surface area (Å²) in [5.41, 5.74) is 4.15. The van der Waals surface area contributed by atoms with Gasteiger partial charge in [-0.05, 0) is 74.1 Å². The fraction of sp³-hybridized carbons (Fsp3) is 0.375. The first kappa shape index (κ1) is 28.2. The van der Waals surface area contributed by atoms with Crippen molar-refractivity contribution in [2.75, 3.05) is 26.9 Å². The summed E-state index contributed by atoms with van der Waals surface area (Å²) >= 11 is 0. The number of alkyl halides is 1. The van der Waals surface area contributed by atoms with Gasteiger partial charge in [-0.3, -0.25) is 14.3 Å². The van der Waals surface area contributed by atoms with E-state index in [2.05, 4.69) is 10.4 Å². The lowest BCUT2D eigenvalue weighted by Gasteiger charge is -2.30. The summed E-state index contributed by atoms with van der Waals surface area (Å²) in [4.78, 5) is 30.8. The molecule has 44 heavy (non-hydrogen) atoms. The zero-order valence-corrected chi connectivity index (χ0v) is 24.0. The lowest BCUT2D eigenvalue weighted by Crippen LogP contribution is -2.46. The van der Waals surface area contributed by atoms with Crippen LogP contribution in [-0.4, -0.2) is 58.6 Å². The number of methoxy groups -OCH3 is 1. The highest BCUT2D eigenvalue weighted by Crippen LogP contribution is 2.50. The number of aromatic nitrogens is 3. The van der Waals surface area contributed by atoms with Crippen LogP contribution in [0.1, 0.15) is 53.3 Å². The van der Waals surface area contributed by atoms with Gasteiger partial charge in [-0.1, -0.05) is 0 Å². The Hall–Kier alpha value is -4.58. The SMILES string of the molecule is COc1cc(C(=O)NC[C@](O)(c2cc3c(c(-c4ccc(F)cc4)n2)OC[C@@]3(CF)C(N)=O)C2CC2)cc2cn(C3CC3)nc12. The molecule has 2 aromatic heterocycles. The third-order valence-electron chi connectivity index (χ3n) is 8.98. The van der Waals surface area contributed by atoms with Crippen molar-refractivity contribution in [1.29, 1.82) is 0 Å². The van der Waals surface area contributed by atoms with E-state index in [0.717, 1.165) is 18.2 Å². The maximum atomic E-state index is 14.5. The van der Waals surface area contributed by atoms with E-state index in [4.69, 9.17) is 20.2 Å². The Morgan fingerprint density at radius 2 is 1.95 bits per heavy atom. The Bertz CT molecular complexity index is 1800. The second-order valence-electron chi connectivity index (χ2n) is 11.9. The number of primary amides is 1. The van der Waals surface area contributed by atoms with E-state index in [0.29, 0.717) is 41.3 Å². The molecule has 0 spiro atoms. The number of hydrogen-bond donors (Lipinski definition) is 3. The molecule has 0 saturated heterocycles. The number of benzene rings is 2. The van der Waals surface area contributed by atoms with E-state index in [1.54, 1.807) is 12.1 Å². The fourth-order valence-electron chi connectivity index (χ4n) is 5.97. The van der Waals surface area contributed by atoms with Gasteiger partial charge in [-0.25, -0.2) is 13.8 Å². The molecule has 2 aromatic carbocycles. The van der Waals surface area contributed by atoms with Crippen LogP contribution in [0.5, 0.6) is 11.5 Å². The molecule has 2 aliphatic carbocycles. The number of carbonyl (C=O) groups is 2. The largest absolute Gasteiger partial charge is 0.494 e. The number of amides is 2. The maximum Gasteiger partial charge on any atom is 0.251 e. The molecule has 3 aliphatic rings. The molecular weight excluding hydrogens is 572 g/mol. The van der Waals surface area contributed by atoms with Crippen molar-refractivity contribution >= 4 is 22.7 Å². The van der Waals surface area contributed by atoms with Crippen LogP contribution < -0.4 is 20.5 Å². The second kappa shape index (κ2) is 10.3. The summed E-state index contributed by atoms with van der Waals surface area (Å²) in [6.07, 6.45) is 5.34. The summed E-state index contributed by atoms with van der Waals surface area (Å²) in [6.45, 7) is -1.68. The molecule has 2 amide bonds. The number of rotatable bonds is 10. The van der Waals surface area contributed by atoms with Gasteiger partial charge in [0.05, 0.1) is 25.4 Å². The number of aliphatic hydroxyl groups is 1. The van der Waals surface area contributed by atoms with Gasteiger partial charge in [0.15, 0.2) is 0 Å². The zero-order valence-electron chi connectivity index (χ0n) is 24.0. The minimum Gasteiger partial charge on any atom is -0.494 e. The number of pyridine rings is 1. The van der Waals surface area contributed by atoms with E-state index < -0.39 is 35.3 Å². The van der Waals surface area contributed by atoms with Crippen molar-refractivity contribution in [2.45, 2.75) is 42.7 Å². The molecule has 0 bridgehead atoms. The highest BCUT2D eigenvalue weighted by atomic mass is 19.1. The van der Waals surface area contributed by atoms with Crippen molar-refractivity contribution in [1.82, 2.24) is 20.1 Å². The predicted molar refractivity (Wildman–Crippen MR) is 155 cm³/mol. The van der Waals surface area contributed by atoms with Crippen LogP contribution >= 0.6 is 0 Å². The van der Waals surface area contributed by atoms with Gasteiger partial charge < -0.3 is 25.6 Å². The summed E-state index contributed by atoms with van der Waals surface area (Å²) in [6, 6.07) is 10.6. The molecule has 1 aliphatic heterocycles. The molecule has 0 unspecified atom stereocenters. The maximum absolute atomic E-state index is 14.5. The molecule has 10 nitrogen and oxygen atoms in total. The molecule has 3 heterocycles. The van der Waals surface area contributed by atoms with Crippen molar-refractivity contribution < 1.29 is 33.0 Å². The Labute approximate surface area is 251 Å². The first-order valence-electron chi connectivity index (χ1n) is 14.5. The topological polar surface area (TPSA) is 142 Å². The first-order chi connectivity index (χ1) is 21.2. The number of nitrogens with two attached hydrogens (primary N) is 1. The Balaban J connectivity index is 1.26. The first-order valence-corrected chi connectivity index (χ1v) is 14.5. The van der Waals surface area contributed by atoms with Crippen LogP contribution in [0.2, 0.25) is 0 Å². The van der Waals surface area contributed by atoms with Gasteiger partial charge in [-0.15, -0.1) is 0 Å². The second-order valence-corrected chi connectivity index (χ2v) is 11.9. The van der Waals surface area contributed by atoms with E-state index >= 15 is 0 Å². The van der Waals surface area contributed by atoms with E-state index in [1.807, 2.05) is 10.9 Å². The number of hydrogen-bond acceptors (Lipinski definition) is 7. The normalized spacial score (nSPS) is 20.5. The van der Waals surface area contributed by atoms with E-state index in [9.17, 15) is 23.5 Å². The van der Waals surface area contributed by atoms with Crippen LogP contribution in [0.3, 0.4) is 0 Å².